The van der Waals surface area contributed by atoms with E-state index in [0.717, 1.165) is 17.7 Å². The van der Waals surface area contributed by atoms with Gasteiger partial charge in [-0.1, -0.05) is 30.3 Å². The lowest BCUT2D eigenvalue weighted by atomic mass is 10.1. The number of hydrogen-bond donors (Lipinski definition) is 1. The van der Waals surface area contributed by atoms with Crippen LogP contribution in [-0.2, 0) is 17.6 Å². The molecule has 0 bridgehead atoms. The number of hydrogen-bond acceptors (Lipinski definition) is 2. The highest BCUT2D eigenvalue weighted by molar-refractivity contribution is 5.90. The van der Waals surface area contributed by atoms with Crippen LogP contribution in [0.25, 0.3) is 0 Å². The lowest BCUT2D eigenvalue weighted by molar-refractivity contribution is -0.137. The lowest BCUT2D eigenvalue weighted by Gasteiger charge is -2.14. The number of benzene rings is 2. The average Bonchev–Trinajstić information content (AvgIpc) is 2.45. The van der Waals surface area contributed by atoms with Crippen molar-refractivity contribution in [2.45, 2.75) is 19.7 Å². The van der Waals surface area contributed by atoms with Crippen molar-refractivity contribution in [2.75, 3.05) is 5.32 Å². The highest BCUT2D eigenvalue weighted by Gasteiger charge is 2.31. The fourth-order valence-electron chi connectivity index (χ4n) is 1.85. The van der Waals surface area contributed by atoms with Crippen LogP contribution in [0.2, 0.25) is 0 Å². The first-order valence-corrected chi connectivity index (χ1v) is 6.52. The third kappa shape index (κ3) is 4.25. The van der Waals surface area contributed by atoms with Gasteiger partial charge in [0.25, 0.3) is 0 Å². The fourth-order valence-corrected chi connectivity index (χ4v) is 1.85. The lowest BCUT2D eigenvalue weighted by Crippen LogP contribution is -2.11. The number of rotatable bonds is 4. The summed E-state index contributed by atoms with van der Waals surface area (Å²) in [5, 5.41) is 2.36. The van der Waals surface area contributed by atoms with Gasteiger partial charge in [-0.25, -0.2) is 0 Å². The molecule has 0 saturated heterocycles. The maximum absolute atomic E-state index is 12.7. The van der Waals surface area contributed by atoms with E-state index in [2.05, 4.69) is 5.32 Å². The first-order valence-electron chi connectivity index (χ1n) is 6.52. The average molecular weight is 309 g/mol. The molecule has 0 fully saturated rings. The predicted molar refractivity (Wildman–Crippen MR) is 76.5 cm³/mol. The fraction of sp³-hybridized carbons (Fsp3) is 0.188. The molecule has 1 amide bonds. The molecule has 0 unspecified atom stereocenters. The van der Waals surface area contributed by atoms with Gasteiger partial charge in [-0.2, -0.15) is 13.2 Å². The zero-order valence-electron chi connectivity index (χ0n) is 11.8. The number of halogens is 3. The van der Waals surface area contributed by atoms with E-state index in [1.165, 1.54) is 13.0 Å². The normalized spacial score (nSPS) is 11.1. The summed E-state index contributed by atoms with van der Waals surface area (Å²) in [6.07, 6.45) is -4.48. The van der Waals surface area contributed by atoms with Crippen LogP contribution in [0.15, 0.2) is 48.5 Å². The van der Waals surface area contributed by atoms with E-state index >= 15 is 0 Å². The second kappa shape index (κ2) is 6.51. The number of ether oxygens (including phenoxy) is 1. The zero-order chi connectivity index (χ0) is 16.2. The minimum absolute atomic E-state index is 0.00161. The van der Waals surface area contributed by atoms with Crippen molar-refractivity contribution in [3.63, 3.8) is 0 Å². The van der Waals surface area contributed by atoms with Crippen molar-refractivity contribution in [3.8, 4) is 5.75 Å². The number of anilines is 1. The Labute approximate surface area is 125 Å². The van der Waals surface area contributed by atoms with Gasteiger partial charge in [-0.3, -0.25) is 4.79 Å². The Balaban J connectivity index is 2.23. The number of nitrogens with one attached hydrogen (secondary N) is 1. The maximum Gasteiger partial charge on any atom is 0.416 e. The summed E-state index contributed by atoms with van der Waals surface area (Å²) < 4.78 is 43.7. The van der Waals surface area contributed by atoms with E-state index in [0.29, 0.717) is 0 Å². The summed E-state index contributed by atoms with van der Waals surface area (Å²) >= 11 is 0. The third-order valence-corrected chi connectivity index (χ3v) is 2.85. The monoisotopic (exact) mass is 309 g/mol. The highest BCUT2D eigenvalue weighted by Crippen LogP contribution is 2.35. The molecule has 3 nitrogen and oxygen atoms in total. The van der Waals surface area contributed by atoms with Gasteiger partial charge in [-0.15, -0.1) is 0 Å². The Bertz CT molecular complexity index is 654. The second-order valence-electron chi connectivity index (χ2n) is 4.66. The van der Waals surface area contributed by atoms with Gasteiger partial charge in [0.15, 0.2) is 0 Å². The molecule has 2 rings (SSSR count). The van der Waals surface area contributed by atoms with E-state index in [-0.39, 0.29) is 18.0 Å². The molecule has 0 aliphatic rings. The van der Waals surface area contributed by atoms with Crippen LogP contribution in [0.5, 0.6) is 5.75 Å². The SMILES string of the molecule is CC(=O)Nc1cc(C(F)(F)F)ccc1OCc1ccccc1. The van der Waals surface area contributed by atoms with Crippen LogP contribution < -0.4 is 10.1 Å². The van der Waals surface area contributed by atoms with Crippen LogP contribution in [0.1, 0.15) is 18.1 Å². The van der Waals surface area contributed by atoms with Gasteiger partial charge in [0.1, 0.15) is 12.4 Å². The van der Waals surface area contributed by atoms with Crippen LogP contribution in [0, 0.1) is 0 Å². The second-order valence-corrected chi connectivity index (χ2v) is 4.66. The zero-order valence-corrected chi connectivity index (χ0v) is 11.8. The molecule has 2 aromatic carbocycles. The molecule has 0 aromatic heterocycles. The van der Waals surface area contributed by atoms with Gasteiger partial charge >= 0.3 is 6.18 Å². The Morgan fingerprint density at radius 2 is 1.82 bits per heavy atom. The minimum atomic E-state index is -4.48. The molecule has 0 saturated carbocycles. The molecular weight excluding hydrogens is 295 g/mol. The number of alkyl halides is 3. The maximum atomic E-state index is 12.7. The Hall–Kier alpha value is -2.50. The van der Waals surface area contributed by atoms with Gasteiger partial charge in [0.05, 0.1) is 11.3 Å². The first kappa shape index (κ1) is 15.9. The summed E-state index contributed by atoms with van der Waals surface area (Å²) in [7, 11) is 0. The molecule has 0 atom stereocenters. The van der Waals surface area contributed by atoms with Crippen LogP contribution >= 0.6 is 0 Å². The van der Waals surface area contributed by atoms with Crippen LogP contribution in [0.4, 0.5) is 18.9 Å². The Morgan fingerprint density at radius 3 is 2.41 bits per heavy atom. The smallest absolute Gasteiger partial charge is 0.416 e. The highest BCUT2D eigenvalue weighted by atomic mass is 19.4. The van der Waals surface area contributed by atoms with Crippen molar-refractivity contribution in [1.29, 1.82) is 0 Å². The molecule has 0 spiro atoms. The quantitative estimate of drug-likeness (QED) is 0.917. The van der Waals surface area contributed by atoms with E-state index in [4.69, 9.17) is 4.74 Å². The molecule has 0 aliphatic heterocycles. The first-order chi connectivity index (χ1) is 10.4. The van der Waals surface area contributed by atoms with E-state index < -0.39 is 17.6 Å². The molecule has 1 N–H and O–H groups in total. The van der Waals surface area contributed by atoms with Crippen LogP contribution in [-0.4, -0.2) is 5.91 Å². The molecule has 22 heavy (non-hydrogen) atoms. The van der Waals surface area contributed by atoms with Gasteiger partial charge in [-0.05, 0) is 23.8 Å². The molecule has 0 heterocycles. The molecule has 2 aromatic rings. The number of carbonyl (C=O) groups excluding carboxylic acids is 1. The van der Waals surface area contributed by atoms with Crippen molar-refractivity contribution in [3.05, 3.63) is 59.7 Å². The van der Waals surface area contributed by atoms with Crippen molar-refractivity contribution >= 4 is 11.6 Å². The summed E-state index contributed by atoms with van der Waals surface area (Å²) in [5.74, 6) is -0.282. The Kier molecular flexibility index (Phi) is 4.70. The number of amides is 1. The summed E-state index contributed by atoms with van der Waals surface area (Å²) in [4.78, 5) is 11.2. The molecule has 116 valence electrons. The van der Waals surface area contributed by atoms with Crippen LogP contribution in [0.3, 0.4) is 0 Å². The van der Waals surface area contributed by atoms with Crippen molar-refractivity contribution in [1.82, 2.24) is 0 Å². The molecular formula is C16H14F3NO2. The van der Waals surface area contributed by atoms with Gasteiger partial charge in [0.2, 0.25) is 5.91 Å². The topological polar surface area (TPSA) is 38.3 Å². The molecule has 6 heteroatoms. The van der Waals surface area contributed by atoms with Gasteiger partial charge in [0, 0.05) is 6.92 Å². The van der Waals surface area contributed by atoms with E-state index in [1.54, 1.807) is 0 Å². The van der Waals surface area contributed by atoms with Gasteiger partial charge < -0.3 is 10.1 Å². The third-order valence-electron chi connectivity index (χ3n) is 2.85. The largest absolute Gasteiger partial charge is 0.487 e. The summed E-state index contributed by atoms with van der Waals surface area (Å²) in [6.45, 7) is 1.42. The minimum Gasteiger partial charge on any atom is -0.487 e. The standard InChI is InChI=1S/C16H14F3NO2/c1-11(21)20-14-9-13(16(17,18)19)7-8-15(14)22-10-12-5-3-2-4-6-12/h2-9H,10H2,1H3,(H,20,21). The predicted octanol–water partition coefficient (Wildman–Crippen LogP) is 4.24. The van der Waals surface area contributed by atoms with E-state index in [1.807, 2.05) is 30.3 Å². The Morgan fingerprint density at radius 1 is 1.14 bits per heavy atom. The van der Waals surface area contributed by atoms with E-state index in [9.17, 15) is 18.0 Å². The van der Waals surface area contributed by atoms with Crippen molar-refractivity contribution in [2.24, 2.45) is 0 Å². The summed E-state index contributed by atoms with van der Waals surface area (Å²) in [6, 6.07) is 12.2. The van der Waals surface area contributed by atoms with Crippen molar-refractivity contribution < 1.29 is 22.7 Å². The molecule has 0 aliphatic carbocycles. The summed E-state index contributed by atoms with van der Waals surface area (Å²) in [5.41, 5.74) is 0.0257. The molecule has 0 radical (unpaired) electrons. The number of carbonyl (C=O) groups is 1.